The van der Waals surface area contributed by atoms with Crippen LogP contribution < -0.4 is 16.4 Å². The second kappa shape index (κ2) is 8.27. The van der Waals surface area contributed by atoms with E-state index in [0.29, 0.717) is 11.7 Å². The number of nitrogens with two attached hydrogens (primary N) is 1. The van der Waals surface area contributed by atoms with Gasteiger partial charge in [0.1, 0.15) is 18.0 Å². The summed E-state index contributed by atoms with van der Waals surface area (Å²) in [4.78, 5) is 8.16. The van der Waals surface area contributed by atoms with Gasteiger partial charge in [0.05, 0.1) is 6.04 Å². The summed E-state index contributed by atoms with van der Waals surface area (Å²) in [6.45, 7) is 8.64. The Kier molecular flexibility index (Phi) is 6.66. The number of aliphatic imine (C=N–C) groups is 2. The van der Waals surface area contributed by atoms with E-state index in [1.165, 1.54) is 19.0 Å². The predicted octanol–water partition coefficient (Wildman–Crippen LogP) is 1.37. The summed E-state index contributed by atoms with van der Waals surface area (Å²) in [5.41, 5.74) is 6.21. The number of nitrogens with one attached hydrogen (secondary N) is 3. The molecule has 1 rings (SSSR count). The van der Waals surface area contributed by atoms with Gasteiger partial charge in [-0.25, -0.2) is 9.98 Å². The second-order valence-electron chi connectivity index (χ2n) is 4.96. The fourth-order valence-electron chi connectivity index (χ4n) is 1.49. The van der Waals surface area contributed by atoms with Crippen molar-refractivity contribution in [2.24, 2.45) is 21.6 Å². The molecule has 20 heavy (non-hydrogen) atoms. The first-order valence-electron chi connectivity index (χ1n) is 6.75. The lowest BCUT2D eigenvalue weighted by Crippen LogP contribution is -2.42. The van der Waals surface area contributed by atoms with Crippen molar-refractivity contribution in [2.75, 3.05) is 6.54 Å². The quantitative estimate of drug-likeness (QED) is 0.398. The van der Waals surface area contributed by atoms with Crippen LogP contribution in [0.1, 0.15) is 26.7 Å². The third-order valence-corrected chi connectivity index (χ3v) is 2.98. The molecule has 0 aromatic carbocycles. The van der Waals surface area contributed by atoms with Crippen LogP contribution in [0.2, 0.25) is 0 Å². The summed E-state index contributed by atoms with van der Waals surface area (Å²) in [6, 6.07) is 0.0234. The van der Waals surface area contributed by atoms with Crippen molar-refractivity contribution in [3.63, 3.8) is 0 Å². The molecule has 0 radical (unpaired) electrons. The summed E-state index contributed by atoms with van der Waals surface area (Å²) in [6.07, 6.45) is 6.71. The molecule has 0 amide bonds. The maximum Gasteiger partial charge on any atom is 0.126 e. The van der Waals surface area contributed by atoms with Crippen LogP contribution in [0.15, 0.2) is 34.2 Å². The molecular formula is C14H24N6. The Hall–Kier alpha value is -1.95. The zero-order valence-corrected chi connectivity index (χ0v) is 12.2. The van der Waals surface area contributed by atoms with E-state index in [1.807, 2.05) is 13.8 Å². The van der Waals surface area contributed by atoms with Crippen LogP contribution in [0.4, 0.5) is 0 Å². The van der Waals surface area contributed by atoms with Gasteiger partial charge in [-0.2, -0.15) is 0 Å². The maximum atomic E-state index is 7.13. The maximum absolute atomic E-state index is 7.13. The Labute approximate surface area is 120 Å². The highest BCUT2D eigenvalue weighted by molar-refractivity contribution is 5.93. The minimum absolute atomic E-state index is 0.0234. The molecule has 1 saturated carbocycles. The van der Waals surface area contributed by atoms with Crippen LogP contribution in [0.3, 0.4) is 0 Å². The minimum atomic E-state index is 0.0234. The Morgan fingerprint density at radius 1 is 1.55 bits per heavy atom. The fourth-order valence-corrected chi connectivity index (χ4v) is 1.49. The van der Waals surface area contributed by atoms with Gasteiger partial charge in [-0.15, -0.1) is 0 Å². The zero-order chi connectivity index (χ0) is 15.0. The molecule has 0 bridgehead atoms. The fraction of sp³-hybridized carbons (Fsp3) is 0.500. The molecule has 0 aromatic heterocycles. The molecule has 5 N–H and O–H groups in total. The van der Waals surface area contributed by atoms with E-state index in [2.05, 4.69) is 27.2 Å². The highest BCUT2D eigenvalue weighted by Gasteiger charge is 2.22. The topological polar surface area (TPSA) is 98.7 Å². The van der Waals surface area contributed by atoms with Crippen molar-refractivity contribution < 1.29 is 0 Å². The summed E-state index contributed by atoms with van der Waals surface area (Å²) in [7, 11) is 0. The van der Waals surface area contributed by atoms with Crippen molar-refractivity contribution in [1.29, 1.82) is 5.41 Å². The van der Waals surface area contributed by atoms with E-state index < -0.39 is 0 Å². The largest absolute Gasteiger partial charge is 0.404 e. The zero-order valence-electron chi connectivity index (χ0n) is 12.2. The molecule has 0 saturated heterocycles. The second-order valence-corrected chi connectivity index (χ2v) is 4.96. The lowest BCUT2D eigenvalue weighted by atomic mass is 10.2. The van der Waals surface area contributed by atoms with Crippen molar-refractivity contribution >= 4 is 18.4 Å². The van der Waals surface area contributed by atoms with Gasteiger partial charge in [0.15, 0.2) is 0 Å². The Balaban J connectivity index is 2.52. The number of allylic oxidation sites excluding steroid dienone is 1. The first-order valence-corrected chi connectivity index (χ1v) is 6.75. The molecule has 1 atom stereocenters. The summed E-state index contributed by atoms with van der Waals surface area (Å²) < 4.78 is 0. The molecule has 1 unspecified atom stereocenters. The summed E-state index contributed by atoms with van der Waals surface area (Å²) in [5, 5.41) is 13.5. The lowest BCUT2D eigenvalue weighted by Gasteiger charge is -2.17. The van der Waals surface area contributed by atoms with Crippen LogP contribution in [0.5, 0.6) is 0 Å². The molecule has 110 valence electrons. The van der Waals surface area contributed by atoms with Gasteiger partial charge in [-0.1, -0.05) is 6.58 Å². The van der Waals surface area contributed by atoms with E-state index in [1.54, 1.807) is 6.21 Å². The Morgan fingerprint density at radius 3 is 2.80 bits per heavy atom. The van der Waals surface area contributed by atoms with E-state index in [4.69, 9.17) is 11.1 Å². The smallest absolute Gasteiger partial charge is 0.126 e. The Morgan fingerprint density at radius 2 is 2.25 bits per heavy atom. The molecular weight excluding hydrogens is 252 g/mol. The monoisotopic (exact) mass is 276 g/mol. The summed E-state index contributed by atoms with van der Waals surface area (Å²) >= 11 is 0. The van der Waals surface area contributed by atoms with Gasteiger partial charge in [-0.3, -0.25) is 5.41 Å². The molecule has 1 aliphatic rings. The molecule has 0 heterocycles. The highest BCUT2D eigenvalue weighted by Crippen LogP contribution is 2.27. The molecule has 6 heteroatoms. The molecule has 6 nitrogen and oxygen atoms in total. The first-order chi connectivity index (χ1) is 9.56. The van der Waals surface area contributed by atoms with E-state index in [9.17, 15) is 0 Å². The van der Waals surface area contributed by atoms with Gasteiger partial charge in [-0.05, 0) is 50.9 Å². The summed E-state index contributed by atoms with van der Waals surface area (Å²) in [5.74, 6) is 1.89. The van der Waals surface area contributed by atoms with Crippen molar-refractivity contribution in [3.05, 3.63) is 24.2 Å². The Bertz CT molecular complexity index is 431. The normalized spacial score (nSPS) is 18.1. The average Bonchev–Trinajstić information content (AvgIpc) is 3.25. The van der Waals surface area contributed by atoms with E-state index >= 15 is 0 Å². The molecule has 1 aliphatic carbocycles. The number of hydrogen-bond acceptors (Lipinski definition) is 4. The third kappa shape index (κ3) is 6.29. The molecule has 0 spiro atoms. The van der Waals surface area contributed by atoms with Gasteiger partial charge < -0.3 is 16.4 Å². The van der Waals surface area contributed by atoms with Crippen LogP contribution >= 0.6 is 0 Å². The average molecular weight is 276 g/mol. The highest BCUT2D eigenvalue weighted by atomic mass is 15.1. The molecule has 1 fully saturated rings. The predicted molar refractivity (Wildman–Crippen MR) is 85.1 cm³/mol. The van der Waals surface area contributed by atoms with Crippen molar-refractivity contribution in [3.8, 4) is 0 Å². The van der Waals surface area contributed by atoms with Gasteiger partial charge in [0.25, 0.3) is 0 Å². The molecule has 0 aliphatic heterocycles. The van der Waals surface area contributed by atoms with Crippen LogP contribution in [-0.4, -0.2) is 31.0 Å². The standard InChI is InChI=1S/C14H24N6/c1-10(6-15)7-18-12(3)20-14(19-9-16)11(2)17-8-13-4-5-13/h6-7,9,11,13,17H,3-5,8,15H2,1-2H3,(H2,16,19,20)/b10-6-,18-7?. The van der Waals surface area contributed by atoms with Crippen LogP contribution in [0.25, 0.3) is 0 Å². The SMILES string of the molecule is C=C(N=C/C(C)=C\N)NC(=NC=N)C(C)NCC1CC1. The minimum Gasteiger partial charge on any atom is -0.404 e. The van der Waals surface area contributed by atoms with E-state index in [-0.39, 0.29) is 6.04 Å². The van der Waals surface area contributed by atoms with Crippen molar-refractivity contribution in [2.45, 2.75) is 32.7 Å². The van der Waals surface area contributed by atoms with Gasteiger partial charge >= 0.3 is 0 Å². The first kappa shape index (κ1) is 16.1. The number of nitrogens with zero attached hydrogens (tertiary/aromatic N) is 2. The third-order valence-electron chi connectivity index (χ3n) is 2.98. The number of amidine groups is 1. The van der Waals surface area contributed by atoms with Crippen LogP contribution in [0, 0.1) is 11.3 Å². The van der Waals surface area contributed by atoms with Crippen molar-refractivity contribution in [1.82, 2.24) is 10.6 Å². The molecule has 0 aromatic rings. The van der Waals surface area contributed by atoms with Gasteiger partial charge in [0, 0.05) is 6.21 Å². The number of hydrogen-bond donors (Lipinski definition) is 4. The lowest BCUT2D eigenvalue weighted by molar-refractivity contribution is 0.606. The van der Waals surface area contributed by atoms with Gasteiger partial charge in [0.2, 0.25) is 0 Å². The number of rotatable bonds is 8. The van der Waals surface area contributed by atoms with E-state index in [0.717, 1.165) is 24.4 Å². The van der Waals surface area contributed by atoms with Crippen LogP contribution in [-0.2, 0) is 0 Å².